The molecule has 0 radical (unpaired) electrons. The maximum atomic E-state index is 8.49. The first-order chi connectivity index (χ1) is 6.74. The lowest BCUT2D eigenvalue weighted by molar-refractivity contribution is -0.352. The van der Waals surface area contributed by atoms with E-state index in [9.17, 15) is 0 Å². The molecular formula is C8H20O5Si. The number of aliphatic hydroxyl groups is 1. The molecule has 0 aromatic carbocycles. The minimum absolute atomic E-state index is 0.0803. The molecule has 0 atom stereocenters. The Labute approximate surface area is 87.2 Å². The highest BCUT2D eigenvalue weighted by Gasteiger charge is 2.28. The Morgan fingerprint density at radius 3 is 2.14 bits per heavy atom. The van der Waals surface area contributed by atoms with Crippen LogP contribution >= 0.6 is 0 Å². The van der Waals surface area contributed by atoms with E-state index in [0.717, 1.165) is 6.04 Å². The lowest BCUT2D eigenvalue weighted by atomic mass is 10.4. The quantitative estimate of drug-likeness (QED) is 0.324. The van der Waals surface area contributed by atoms with Crippen molar-refractivity contribution < 1.29 is 23.7 Å². The summed E-state index contributed by atoms with van der Waals surface area (Å²) in [6, 6.07) is 0.884. The zero-order valence-electron chi connectivity index (χ0n) is 9.12. The lowest BCUT2D eigenvalue weighted by Gasteiger charge is -2.28. The van der Waals surface area contributed by atoms with Gasteiger partial charge in [0.05, 0.1) is 13.2 Å². The van der Waals surface area contributed by atoms with Crippen LogP contribution in [0.4, 0.5) is 0 Å². The number of hydrogen-bond acceptors (Lipinski definition) is 5. The molecule has 0 aliphatic heterocycles. The fourth-order valence-electron chi connectivity index (χ4n) is 1.11. The molecule has 0 spiro atoms. The van der Waals surface area contributed by atoms with Gasteiger partial charge in [0, 0.05) is 27.8 Å². The molecule has 0 fully saturated rings. The summed E-state index contributed by atoms with van der Waals surface area (Å²) in [6.45, 7) is 0.503. The Morgan fingerprint density at radius 2 is 1.71 bits per heavy atom. The average Bonchev–Trinajstić information content (AvgIpc) is 2.24. The Hall–Kier alpha value is 0.0169. The Balaban J connectivity index is 3.61. The molecule has 0 aromatic rings. The van der Waals surface area contributed by atoms with Crippen LogP contribution in [0.2, 0.25) is 6.04 Å². The first-order valence-electron chi connectivity index (χ1n) is 4.58. The molecule has 0 aliphatic rings. The van der Waals surface area contributed by atoms with Gasteiger partial charge in [-0.15, -0.1) is 0 Å². The first kappa shape index (κ1) is 14.0. The molecule has 0 bridgehead atoms. The van der Waals surface area contributed by atoms with Crippen LogP contribution in [0, 0.1) is 0 Å². The summed E-state index contributed by atoms with van der Waals surface area (Å²) in [5, 5.41) is 8.49. The van der Waals surface area contributed by atoms with E-state index >= 15 is 0 Å². The standard InChI is InChI=1S/C8H20O5Si/c1-10-8(11-2,12-3)4-7-14-13-6-5-9/h9H,4-7,14H2,1-3H3. The van der Waals surface area contributed by atoms with Gasteiger partial charge in [-0.2, -0.15) is 0 Å². The third-order valence-electron chi connectivity index (χ3n) is 1.94. The summed E-state index contributed by atoms with van der Waals surface area (Å²) < 4.78 is 20.6. The smallest absolute Gasteiger partial charge is 0.281 e. The summed E-state index contributed by atoms with van der Waals surface area (Å²) in [6.07, 6.45) is 0.647. The van der Waals surface area contributed by atoms with Crippen LogP contribution in [0.3, 0.4) is 0 Å². The summed E-state index contributed by atoms with van der Waals surface area (Å²) >= 11 is 0. The molecule has 0 heterocycles. The topological polar surface area (TPSA) is 57.2 Å². The van der Waals surface area contributed by atoms with Crippen LogP contribution in [-0.2, 0) is 18.6 Å². The molecule has 6 heteroatoms. The van der Waals surface area contributed by atoms with Gasteiger partial charge in [0.2, 0.25) is 0 Å². The van der Waals surface area contributed by atoms with Gasteiger partial charge in [-0.3, -0.25) is 0 Å². The molecule has 5 nitrogen and oxygen atoms in total. The van der Waals surface area contributed by atoms with Crippen molar-refractivity contribution in [1.82, 2.24) is 0 Å². The number of rotatable bonds is 9. The number of ether oxygens (including phenoxy) is 3. The fourth-order valence-corrected chi connectivity index (χ4v) is 2.23. The summed E-state index contributed by atoms with van der Waals surface area (Å²) in [4.78, 5) is 0. The highest BCUT2D eigenvalue weighted by Crippen LogP contribution is 2.18. The zero-order valence-corrected chi connectivity index (χ0v) is 10.5. The van der Waals surface area contributed by atoms with Crippen LogP contribution in [0.25, 0.3) is 0 Å². The van der Waals surface area contributed by atoms with E-state index in [-0.39, 0.29) is 6.61 Å². The second-order valence-electron chi connectivity index (χ2n) is 2.73. The summed E-state index contributed by atoms with van der Waals surface area (Å²) in [7, 11) is 4.03. The SMILES string of the molecule is COC(CC[SiH2]OCCO)(OC)OC. The van der Waals surface area contributed by atoms with E-state index in [4.69, 9.17) is 23.7 Å². The van der Waals surface area contributed by atoms with Crippen molar-refractivity contribution in [3.05, 3.63) is 0 Å². The number of hydrogen-bond donors (Lipinski definition) is 1. The maximum absolute atomic E-state index is 8.49. The van der Waals surface area contributed by atoms with Gasteiger partial charge in [-0.05, 0) is 6.04 Å². The van der Waals surface area contributed by atoms with Crippen LogP contribution in [0.5, 0.6) is 0 Å². The molecule has 0 aliphatic carbocycles. The molecule has 86 valence electrons. The molecule has 0 amide bonds. The normalized spacial score (nSPS) is 12.9. The summed E-state index contributed by atoms with van der Waals surface area (Å²) in [5.41, 5.74) is 0. The van der Waals surface area contributed by atoms with E-state index in [1.807, 2.05) is 0 Å². The molecule has 1 N–H and O–H groups in total. The fraction of sp³-hybridized carbons (Fsp3) is 1.00. The predicted molar refractivity (Wildman–Crippen MR) is 54.8 cm³/mol. The van der Waals surface area contributed by atoms with Gasteiger partial charge in [-0.1, -0.05) is 0 Å². The minimum atomic E-state index is -0.935. The average molecular weight is 224 g/mol. The van der Waals surface area contributed by atoms with E-state index in [0.29, 0.717) is 13.0 Å². The molecular weight excluding hydrogens is 204 g/mol. The maximum Gasteiger partial charge on any atom is 0.281 e. The largest absolute Gasteiger partial charge is 0.422 e. The van der Waals surface area contributed by atoms with E-state index in [2.05, 4.69) is 0 Å². The van der Waals surface area contributed by atoms with Crippen molar-refractivity contribution in [2.24, 2.45) is 0 Å². The van der Waals surface area contributed by atoms with Crippen molar-refractivity contribution in [2.75, 3.05) is 34.5 Å². The van der Waals surface area contributed by atoms with Gasteiger partial charge in [0.1, 0.15) is 0 Å². The van der Waals surface area contributed by atoms with E-state index < -0.39 is 15.7 Å². The lowest BCUT2D eigenvalue weighted by Crippen LogP contribution is -2.36. The Kier molecular flexibility index (Phi) is 8.35. The second kappa shape index (κ2) is 8.34. The van der Waals surface area contributed by atoms with Crippen LogP contribution in [0.1, 0.15) is 6.42 Å². The zero-order chi connectivity index (χ0) is 10.9. The highest BCUT2D eigenvalue weighted by atomic mass is 28.2. The van der Waals surface area contributed by atoms with Gasteiger partial charge in [0.25, 0.3) is 5.97 Å². The van der Waals surface area contributed by atoms with Crippen LogP contribution in [0.15, 0.2) is 0 Å². The molecule has 14 heavy (non-hydrogen) atoms. The highest BCUT2D eigenvalue weighted by molar-refractivity contribution is 6.27. The second-order valence-corrected chi connectivity index (χ2v) is 4.26. The summed E-state index contributed by atoms with van der Waals surface area (Å²) in [5.74, 6) is -0.935. The van der Waals surface area contributed by atoms with E-state index in [1.54, 1.807) is 21.3 Å². The molecule has 0 unspecified atom stereocenters. The van der Waals surface area contributed by atoms with Crippen LogP contribution < -0.4 is 0 Å². The van der Waals surface area contributed by atoms with Crippen molar-refractivity contribution in [1.29, 1.82) is 0 Å². The minimum Gasteiger partial charge on any atom is -0.422 e. The monoisotopic (exact) mass is 224 g/mol. The van der Waals surface area contributed by atoms with Gasteiger partial charge < -0.3 is 23.7 Å². The number of methoxy groups -OCH3 is 3. The third kappa shape index (κ3) is 5.04. The van der Waals surface area contributed by atoms with Gasteiger partial charge >= 0.3 is 0 Å². The van der Waals surface area contributed by atoms with Crippen molar-refractivity contribution in [3.8, 4) is 0 Å². The van der Waals surface area contributed by atoms with Crippen molar-refractivity contribution >= 4 is 9.76 Å². The van der Waals surface area contributed by atoms with Crippen molar-refractivity contribution in [2.45, 2.75) is 18.4 Å². The predicted octanol–water partition coefficient (Wildman–Crippen LogP) is -0.520. The molecule has 0 saturated carbocycles. The first-order valence-corrected chi connectivity index (χ1v) is 6.16. The van der Waals surface area contributed by atoms with Gasteiger partial charge in [0.15, 0.2) is 9.76 Å². The van der Waals surface area contributed by atoms with Crippen molar-refractivity contribution in [3.63, 3.8) is 0 Å². The Bertz CT molecular complexity index is 121. The van der Waals surface area contributed by atoms with E-state index in [1.165, 1.54) is 0 Å². The number of aliphatic hydroxyl groups excluding tert-OH is 1. The molecule has 0 rings (SSSR count). The third-order valence-corrected chi connectivity index (χ3v) is 3.16. The Morgan fingerprint density at radius 1 is 1.14 bits per heavy atom. The van der Waals surface area contributed by atoms with Crippen LogP contribution in [-0.4, -0.2) is 55.4 Å². The van der Waals surface area contributed by atoms with Gasteiger partial charge in [-0.25, -0.2) is 0 Å². The molecule has 0 saturated heterocycles. The molecule has 0 aromatic heterocycles.